The number of hydrogen-bond donors (Lipinski definition) is 1. The lowest BCUT2D eigenvalue weighted by Crippen LogP contribution is -2.47. The normalized spacial score (nSPS) is 22.2. The summed E-state index contributed by atoms with van der Waals surface area (Å²) in [5, 5.41) is 3.39. The molecular weight excluding hydrogens is 274 g/mol. The molecule has 1 fully saturated rings. The van der Waals surface area contributed by atoms with Gasteiger partial charge in [0.15, 0.2) is 9.84 Å². The minimum Gasteiger partial charge on any atom is -0.352 e. The van der Waals surface area contributed by atoms with Gasteiger partial charge < -0.3 is 10.2 Å². The van der Waals surface area contributed by atoms with E-state index in [1.807, 2.05) is 19.1 Å². The monoisotopic (exact) mass is 297 g/mol. The van der Waals surface area contributed by atoms with Gasteiger partial charge in [0, 0.05) is 36.9 Å². The van der Waals surface area contributed by atoms with E-state index in [9.17, 15) is 8.42 Å². The Kier molecular flexibility index (Phi) is 4.65. The summed E-state index contributed by atoms with van der Waals surface area (Å²) >= 11 is 0. The Bertz CT molecular complexity index is 557. The van der Waals surface area contributed by atoms with Crippen molar-refractivity contribution in [1.29, 1.82) is 0 Å². The largest absolute Gasteiger partial charge is 0.352 e. The van der Waals surface area contributed by atoms with Crippen molar-refractivity contribution < 1.29 is 8.42 Å². The van der Waals surface area contributed by atoms with Crippen molar-refractivity contribution in [2.45, 2.75) is 39.4 Å². The van der Waals surface area contributed by atoms with E-state index in [4.69, 9.17) is 0 Å². The van der Waals surface area contributed by atoms with E-state index in [2.05, 4.69) is 29.0 Å². The van der Waals surface area contributed by atoms with Crippen LogP contribution in [0.25, 0.3) is 0 Å². The molecule has 0 amide bonds. The minimum absolute atomic E-state index is 0.0264. The van der Waals surface area contributed by atoms with Crippen LogP contribution in [-0.4, -0.2) is 43.5 Å². The fourth-order valence-corrected chi connectivity index (χ4v) is 4.01. The quantitative estimate of drug-likeness (QED) is 0.905. The molecule has 1 unspecified atom stereocenters. The molecule has 0 bridgehead atoms. The van der Waals surface area contributed by atoms with Gasteiger partial charge in [0.05, 0.1) is 11.5 Å². The van der Waals surface area contributed by atoms with Gasteiger partial charge in [0.1, 0.15) is 5.82 Å². The molecular formula is C14H23N3O2S. The maximum absolute atomic E-state index is 11.7. The van der Waals surface area contributed by atoms with Crippen LogP contribution in [0.15, 0.2) is 18.3 Å². The predicted molar refractivity (Wildman–Crippen MR) is 81.7 cm³/mol. The van der Waals surface area contributed by atoms with E-state index in [0.29, 0.717) is 12.6 Å². The molecule has 0 aliphatic carbocycles. The number of hydrogen-bond acceptors (Lipinski definition) is 5. The predicted octanol–water partition coefficient (Wildman–Crippen LogP) is 1.20. The van der Waals surface area contributed by atoms with Crippen LogP contribution >= 0.6 is 0 Å². The average Bonchev–Trinajstić information content (AvgIpc) is 2.36. The molecule has 1 aliphatic rings. The zero-order chi connectivity index (χ0) is 14.8. The molecule has 1 N–H and O–H groups in total. The van der Waals surface area contributed by atoms with Gasteiger partial charge in [-0.05, 0) is 13.0 Å². The van der Waals surface area contributed by atoms with Crippen molar-refractivity contribution in [3.05, 3.63) is 23.9 Å². The summed E-state index contributed by atoms with van der Waals surface area (Å²) in [6.45, 7) is 7.43. The second kappa shape index (κ2) is 6.10. The minimum atomic E-state index is -2.90. The molecule has 112 valence electrons. The first-order valence-electron chi connectivity index (χ1n) is 7.03. The van der Waals surface area contributed by atoms with Gasteiger partial charge in [-0.15, -0.1) is 0 Å². The summed E-state index contributed by atoms with van der Waals surface area (Å²) in [6.07, 6.45) is 1.77. The number of nitrogens with zero attached hydrogens (tertiary/aromatic N) is 2. The second-order valence-electron chi connectivity index (χ2n) is 5.68. The molecule has 1 atom stereocenters. The van der Waals surface area contributed by atoms with E-state index < -0.39 is 9.84 Å². The third-order valence-corrected chi connectivity index (χ3v) is 5.31. The first-order valence-corrected chi connectivity index (χ1v) is 8.85. The van der Waals surface area contributed by atoms with Crippen molar-refractivity contribution in [1.82, 2.24) is 10.3 Å². The Morgan fingerprint density at radius 3 is 2.90 bits per heavy atom. The van der Waals surface area contributed by atoms with Gasteiger partial charge >= 0.3 is 0 Å². The smallest absolute Gasteiger partial charge is 0.154 e. The zero-order valence-electron chi connectivity index (χ0n) is 12.3. The first-order chi connectivity index (χ1) is 9.39. The second-order valence-corrected chi connectivity index (χ2v) is 7.91. The molecule has 0 spiro atoms. The SMILES string of the molecule is CC(C)NCc1cccnc1N1CCS(=O)(=O)CC1C. The van der Waals surface area contributed by atoms with Crippen molar-refractivity contribution in [2.75, 3.05) is 23.0 Å². The highest BCUT2D eigenvalue weighted by atomic mass is 32.2. The van der Waals surface area contributed by atoms with E-state index in [0.717, 1.165) is 17.9 Å². The summed E-state index contributed by atoms with van der Waals surface area (Å²) in [7, 11) is -2.90. The molecule has 0 radical (unpaired) electrons. The number of anilines is 1. The van der Waals surface area contributed by atoms with Crippen molar-refractivity contribution >= 4 is 15.7 Å². The lowest BCUT2D eigenvalue weighted by Gasteiger charge is -2.35. The van der Waals surface area contributed by atoms with Crippen molar-refractivity contribution in [2.24, 2.45) is 0 Å². The molecule has 1 aromatic heterocycles. The summed E-state index contributed by atoms with van der Waals surface area (Å²) in [5.74, 6) is 1.33. The molecule has 1 saturated heterocycles. The van der Waals surface area contributed by atoms with Gasteiger partial charge in [-0.1, -0.05) is 19.9 Å². The third-order valence-electron chi connectivity index (χ3n) is 3.51. The van der Waals surface area contributed by atoms with Crippen LogP contribution in [0.2, 0.25) is 0 Å². The van der Waals surface area contributed by atoms with Crippen LogP contribution < -0.4 is 10.2 Å². The summed E-state index contributed by atoms with van der Waals surface area (Å²) in [6, 6.07) is 4.35. The third kappa shape index (κ3) is 3.70. The Hall–Kier alpha value is -1.14. The molecule has 0 saturated carbocycles. The molecule has 2 rings (SSSR count). The highest BCUT2D eigenvalue weighted by Gasteiger charge is 2.29. The maximum atomic E-state index is 11.7. The topological polar surface area (TPSA) is 62.3 Å². The maximum Gasteiger partial charge on any atom is 0.154 e. The van der Waals surface area contributed by atoms with Crippen molar-refractivity contribution in [3.63, 3.8) is 0 Å². The lowest BCUT2D eigenvalue weighted by atomic mass is 10.2. The Morgan fingerprint density at radius 2 is 2.25 bits per heavy atom. The Balaban J connectivity index is 2.20. The lowest BCUT2D eigenvalue weighted by molar-refractivity contribution is 0.562. The summed E-state index contributed by atoms with van der Waals surface area (Å²) in [5.41, 5.74) is 1.12. The van der Waals surface area contributed by atoms with Crippen molar-refractivity contribution in [3.8, 4) is 0 Å². The van der Waals surface area contributed by atoms with Crippen LogP contribution in [0.4, 0.5) is 5.82 Å². The van der Waals surface area contributed by atoms with Gasteiger partial charge in [0.25, 0.3) is 0 Å². The van der Waals surface area contributed by atoms with E-state index >= 15 is 0 Å². The number of pyridine rings is 1. The molecule has 2 heterocycles. The highest BCUT2D eigenvalue weighted by molar-refractivity contribution is 7.91. The van der Waals surface area contributed by atoms with Crippen LogP contribution in [0.1, 0.15) is 26.3 Å². The standard InChI is InChI=1S/C14H23N3O2S/c1-11(2)16-9-13-5-4-6-15-14(13)17-7-8-20(18,19)10-12(17)3/h4-6,11-12,16H,7-10H2,1-3H3. The molecule has 1 aliphatic heterocycles. The molecule has 5 nitrogen and oxygen atoms in total. The summed E-state index contributed by atoms with van der Waals surface area (Å²) in [4.78, 5) is 6.58. The van der Waals surface area contributed by atoms with Gasteiger partial charge in [-0.3, -0.25) is 0 Å². The van der Waals surface area contributed by atoms with Crippen LogP contribution in [-0.2, 0) is 16.4 Å². The molecule has 20 heavy (non-hydrogen) atoms. The van der Waals surface area contributed by atoms with Gasteiger partial charge in [-0.2, -0.15) is 0 Å². The highest BCUT2D eigenvalue weighted by Crippen LogP contribution is 2.23. The fraction of sp³-hybridized carbons (Fsp3) is 0.643. The number of sulfone groups is 1. The zero-order valence-corrected chi connectivity index (χ0v) is 13.2. The fourth-order valence-electron chi connectivity index (χ4n) is 2.45. The van der Waals surface area contributed by atoms with Crippen LogP contribution in [0, 0.1) is 0 Å². The van der Waals surface area contributed by atoms with Gasteiger partial charge in [0.2, 0.25) is 0 Å². The average molecular weight is 297 g/mol. The Labute approximate surface area is 121 Å². The van der Waals surface area contributed by atoms with Crippen LogP contribution in [0.5, 0.6) is 0 Å². The van der Waals surface area contributed by atoms with E-state index in [1.165, 1.54) is 0 Å². The first kappa shape index (κ1) is 15.3. The van der Waals surface area contributed by atoms with Gasteiger partial charge in [-0.25, -0.2) is 13.4 Å². The number of nitrogens with one attached hydrogen (secondary N) is 1. The molecule has 1 aromatic rings. The van der Waals surface area contributed by atoms with E-state index in [1.54, 1.807) is 6.20 Å². The number of aromatic nitrogens is 1. The summed E-state index contributed by atoms with van der Waals surface area (Å²) < 4.78 is 23.4. The van der Waals surface area contributed by atoms with E-state index in [-0.39, 0.29) is 17.5 Å². The number of rotatable bonds is 4. The van der Waals surface area contributed by atoms with Crippen LogP contribution in [0.3, 0.4) is 0 Å². The Morgan fingerprint density at radius 1 is 1.50 bits per heavy atom. The molecule has 6 heteroatoms. The molecule has 0 aromatic carbocycles.